The van der Waals surface area contributed by atoms with E-state index in [-0.39, 0.29) is 0 Å². The number of hydrogen-bond acceptors (Lipinski definition) is 7. The van der Waals surface area contributed by atoms with E-state index in [4.69, 9.17) is 15.0 Å². The van der Waals surface area contributed by atoms with Gasteiger partial charge in [0.1, 0.15) is 16.3 Å². The number of hydrogen-bond donors (Lipinski definition) is 1. The topological polar surface area (TPSA) is 87.1 Å². The zero-order chi connectivity index (χ0) is 14.6. The number of nitrogens with zero attached hydrogens (tertiary/aromatic N) is 3. The maximum Gasteiger partial charge on any atom is 0.277 e. The molecule has 2 aromatic rings. The molecule has 6 nitrogen and oxygen atoms in total. The second-order valence-electron chi connectivity index (χ2n) is 4.39. The summed E-state index contributed by atoms with van der Waals surface area (Å²) in [6.45, 7) is 7.11. The van der Waals surface area contributed by atoms with Crippen LogP contribution in [0.5, 0.6) is 0 Å². The number of thiazole rings is 1. The standard InChI is InChI=1S/C13H20N4O2S/c1-4-13(5-2,18-6-3)12-16-11(19-17-12)9-8-20-10(7-14)15-9/h8H,4-7,14H2,1-3H3. The van der Waals surface area contributed by atoms with Gasteiger partial charge in [0.15, 0.2) is 0 Å². The summed E-state index contributed by atoms with van der Waals surface area (Å²) in [7, 11) is 0. The molecule has 110 valence electrons. The monoisotopic (exact) mass is 296 g/mol. The number of nitrogens with two attached hydrogens (primary N) is 1. The van der Waals surface area contributed by atoms with Crippen molar-refractivity contribution in [1.29, 1.82) is 0 Å². The Bertz CT molecular complexity index is 548. The SMILES string of the molecule is CCOC(CC)(CC)c1noc(-c2csc(CN)n2)n1. The Labute approximate surface area is 122 Å². The van der Waals surface area contributed by atoms with Gasteiger partial charge in [-0.25, -0.2) is 4.98 Å². The fourth-order valence-corrected chi connectivity index (χ4v) is 2.78. The zero-order valence-corrected chi connectivity index (χ0v) is 12.9. The van der Waals surface area contributed by atoms with Crippen molar-refractivity contribution in [2.24, 2.45) is 5.73 Å². The van der Waals surface area contributed by atoms with Gasteiger partial charge in [0.25, 0.3) is 5.89 Å². The third-order valence-electron chi connectivity index (χ3n) is 3.34. The molecule has 0 radical (unpaired) electrons. The molecular formula is C13H20N4O2S. The summed E-state index contributed by atoms with van der Waals surface area (Å²) < 4.78 is 11.2. The summed E-state index contributed by atoms with van der Waals surface area (Å²) in [5.41, 5.74) is 5.75. The smallest absolute Gasteiger partial charge is 0.277 e. The molecule has 2 rings (SSSR count). The summed E-state index contributed by atoms with van der Waals surface area (Å²) >= 11 is 1.49. The van der Waals surface area contributed by atoms with E-state index in [0.717, 1.165) is 17.8 Å². The lowest BCUT2D eigenvalue weighted by Crippen LogP contribution is -2.29. The van der Waals surface area contributed by atoms with E-state index in [2.05, 4.69) is 29.0 Å². The van der Waals surface area contributed by atoms with Crippen LogP contribution in [0.2, 0.25) is 0 Å². The maximum atomic E-state index is 5.87. The Hall–Kier alpha value is -1.31. The molecule has 0 saturated heterocycles. The molecule has 0 spiro atoms. The highest BCUT2D eigenvalue weighted by Gasteiger charge is 2.34. The summed E-state index contributed by atoms with van der Waals surface area (Å²) in [6.07, 6.45) is 1.59. The second kappa shape index (κ2) is 6.43. The van der Waals surface area contributed by atoms with Crippen LogP contribution in [0.1, 0.15) is 44.4 Å². The summed E-state index contributed by atoms with van der Waals surface area (Å²) in [4.78, 5) is 8.81. The number of ether oxygens (including phenoxy) is 1. The van der Waals surface area contributed by atoms with E-state index in [0.29, 0.717) is 30.6 Å². The minimum Gasteiger partial charge on any atom is -0.367 e. The Kier molecular flexibility index (Phi) is 4.85. The van der Waals surface area contributed by atoms with Crippen LogP contribution in [0, 0.1) is 0 Å². The van der Waals surface area contributed by atoms with Gasteiger partial charge in [-0.05, 0) is 19.8 Å². The molecule has 0 unspecified atom stereocenters. The molecule has 0 bridgehead atoms. The van der Waals surface area contributed by atoms with E-state index in [1.165, 1.54) is 11.3 Å². The molecule has 0 saturated carbocycles. The zero-order valence-electron chi connectivity index (χ0n) is 12.0. The molecule has 7 heteroatoms. The highest BCUT2D eigenvalue weighted by molar-refractivity contribution is 7.09. The van der Waals surface area contributed by atoms with Crippen LogP contribution in [0.4, 0.5) is 0 Å². The lowest BCUT2D eigenvalue weighted by molar-refractivity contribution is -0.0583. The first-order valence-corrected chi connectivity index (χ1v) is 7.70. The van der Waals surface area contributed by atoms with Gasteiger partial charge < -0.3 is 15.0 Å². The van der Waals surface area contributed by atoms with Gasteiger partial charge in [-0.1, -0.05) is 19.0 Å². The average molecular weight is 296 g/mol. The van der Waals surface area contributed by atoms with Gasteiger partial charge in [-0.3, -0.25) is 0 Å². The molecule has 2 aromatic heterocycles. The van der Waals surface area contributed by atoms with Gasteiger partial charge in [0.05, 0.1) is 0 Å². The van der Waals surface area contributed by atoms with E-state index in [9.17, 15) is 0 Å². The minimum absolute atomic E-state index is 0.415. The van der Waals surface area contributed by atoms with E-state index in [1.807, 2.05) is 12.3 Å². The Balaban J connectivity index is 2.31. The second-order valence-corrected chi connectivity index (χ2v) is 5.33. The van der Waals surface area contributed by atoms with Gasteiger partial charge in [-0.15, -0.1) is 11.3 Å². The third-order valence-corrected chi connectivity index (χ3v) is 4.21. The highest BCUT2D eigenvalue weighted by Crippen LogP contribution is 2.32. The lowest BCUT2D eigenvalue weighted by atomic mass is 9.96. The van der Waals surface area contributed by atoms with E-state index in [1.54, 1.807) is 0 Å². The first-order valence-electron chi connectivity index (χ1n) is 6.82. The molecule has 0 aliphatic heterocycles. The molecule has 0 fully saturated rings. The van der Waals surface area contributed by atoms with Crippen LogP contribution < -0.4 is 5.73 Å². The molecule has 0 atom stereocenters. The van der Waals surface area contributed by atoms with Crippen LogP contribution in [0.3, 0.4) is 0 Å². The van der Waals surface area contributed by atoms with Crippen molar-refractivity contribution >= 4 is 11.3 Å². The number of aromatic nitrogens is 3. The average Bonchev–Trinajstić information content (AvgIpc) is 3.13. The highest BCUT2D eigenvalue weighted by atomic mass is 32.1. The molecule has 0 aliphatic rings. The van der Waals surface area contributed by atoms with Crippen LogP contribution >= 0.6 is 11.3 Å². The first-order chi connectivity index (χ1) is 9.69. The normalized spacial score (nSPS) is 12.0. The van der Waals surface area contributed by atoms with Crippen molar-refractivity contribution in [2.45, 2.75) is 45.8 Å². The van der Waals surface area contributed by atoms with Crippen molar-refractivity contribution in [1.82, 2.24) is 15.1 Å². The van der Waals surface area contributed by atoms with Crippen molar-refractivity contribution < 1.29 is 9.26 Å². The molecule has 0 aliphatic carbocycles. The molecule has 20 heavy (non-hydrogen) atoms. The maximum absolute atomic E-state index is 5.87. The minimum atomic E-state index is -0.483. The first kappa shape index (κ1) is 15.1. The number of rotatable bonds is 7. The molecule has 0 amide bonds. The largest absolute Gasteiger partial charge is 0.367 e. The van der Waals surface area contributed by atoms with Gasteiger partial charge in [-0.2, -0.15) is 4.98 Å². The predicted molar refractivity (Wildman–Crippen MR) is 77.2 cm³/mol. The van der Waals surface area contributed by atoms with Gasteiger partial charge >= 0.3 is 0 Å². The molecular weight excluding hydrogens is 276 g/mol. The fraction of sp³-hybridized carbons (Fsp3) is 0.615. The molecule has 2 N–H and O–H groups in total. The summed E-state index contributed by atoms with van der Waals surface area (Å²) in [5, 5.41) is 6.81. The van der Waals surface area contributed by atoms with Crippen molar-refractivity contribution in [3.8, 4) is 11.6 Å². The summed E-state index contributed by atoms with van der Waals surface area (Å²) in [5.74, 6) is 1.00. The van der Waals surface area contributed by atoms with E-state index < -0.39 is 5.60 Å². The van der Waals surface area contributed by atoms with Crippen LogP contribution in [0.25, 0.3) is 11.6 Å². The quantitative estimate of drug-likeness (QED) is 0.845. The van der Waals surface area contributed by atoms with Crippen molar-refractivity contribution in [3.63, 3.8) is 0 Å². The van der Waals surface area contributed by atoms with Crippen LogP contribution in [-0.2, 0) is 16.9 Å². The van der Waals surface area contributed by atoms with Crippen molar-refractivity contribution in [3.05, 3.63) is 16.2 Å². The van der Waals surface area contributed by atoms with Crippen LogP contribution in [-0.4, -0.2) is 21.7 Å². The Morgan fingerprint density at radius 2 is 2.05 bits per heavy atom. The third kappa shape index (κ3) is 2.74. The Morgan fingerprint density at radius 3 is 2.60 bits per heavy atom. The molecule has 0 aromatic carbocycles. The van der Waals surface area contributed by atoms with Gasteiger partial charge in [0, 0.05) is 18.5 Å². The van der Waals surface area contributed by atoms with E-state index >= 15 is 0 Å². The molecule has 2 heterocycles. The van der Waals surface area contributed by atoms with Crippen LogP contribution in [0.15, 0.2) is 9.90 Å². The predicted octanol–water partition coefficient (Wildman–Crippen LogP) is 2.70. The lowest BCUT2D eigenvalue weighted by Gasteiger charge is -2.27. The fourth-order valence-electron chi connectivity index (χ4n) is 2.13. The van der Waals surface area contributed by atoms with Crippen molar-refractivity contribution in [2.75, 3.05) is 6.61 Å². The summed E-state index contributed by atoms with van der Waals surface area (Å²) in [6, 6.07) is 0. The Morgan fingerprint density at radius 1 is 1.30 bits per heavy atom. The van der Waals surface area contributed by atoms with Gasteiger partial charge in [0.2, 0.25) is 5.82 Å².